The van der Waals surface area contributed by atoms with Crippen molar-refractivity contribution in [2.24, 2.45) is 17.6 Å². The average Bonchev–Trinajstić information content (AvgIpc) is 2.52. The maximum absolute atomic E-state index is 12.1. The molecule has 2 bridgehead atoms. The molecule has 3 heterocycles. The van der Waals surface area contributed by atoms with E-state index in [4.69, 9.17) is 5.73 Å². The van der Waals surface area contributed by atoms with Crippen LogP contribution in [0.4, 0.5) is 0 Å². The lowest BCUT2D eigenvalue weighted by Gasteiger charge is -2.54. The summed E-state index contributed by atoms with van der Waals surface area (Å²) in [4.78, 5) is 0.929. The lowest BCUT2D eigenvalue weighted by atomic mass is 9.76. The second-order valence-corrected chi connectivity index (χ2v) is 11.7. The summed E-state index contributed by atoms with van der Waals surface area (Å²) in [6, 6.07) is 0. The van der Waals surface area contributed by atoms with Gasteiger partial charge in [0.25, 0.3) is 0 Å². The second kappa shape index (κ2) is 8.74. The first kappa shape index (κ1) is 20.5. The zero-order chi connectivity index (χ0) is 17.8. The maximum Gasteiger partial charge on any atom is 0.179 e. The van der Waals surface area contributed by atoms with Crippen LogP contribution < -0.4 is 5.73 Å². The monoisotopic (exact) mass is 376 g/mol. The maximum atomic E-state index is 12.1. The Balaban J connectivity index is 1.73. The molecule has 2 unspecified atom stereocenters. The highest BCUT2D eigenvalue weighted by atomic mass is 32.2. The molecule has 0 aromatic rings. The minimum absolute atomic E-state index is 0.482. The predicted molar refractivity (Wildman–Crippen MR) is 105 cm³/mol. The van der Waals surface area contributed by atoms with Crippen LogP contribution in [0.25, 0.3) is 0 Å². The van der Waals surface area contributed by atoms with Gasteiger partial charge in [-0.3, -0.25) is 4.90 Å². The third-order valence-electron chi connectivity index (χ3n) is 5.98. The Morgan fingerprint density at radius 2 is 2.08 bits per heavy atom. The lowest BCUT2D eigenvalue weighted by Crippen LogP contribution is -2.69. The first-order chi connectivity index (χ1) is 11.3. The van der Waals surface area contributed by atoms with Crippen LogP contribution in [-0.4, -0.2) is 48.7 Å². The highest BCUT2D eigenvalue weighted by molar-refractivity contribution is 7.99. The fraction of sp³-hybridized carbons (Fsp3) is 1.00. The molecule has 2 N–H and O–H groups in total. The van der Waals surface area contributed by atoms with Gasteiger partial charge in [-0.05, 0) is 43.3 Å². The largest absolute Gasteiger partial charge is 0.300 e. The number of piperidine rings is 3. The Morgan fingerprint density at radius 3 is 2.67 bits per heavy atom. The summed E-state index contributed by atoms with van der Waals surface area (Å²) in [6.07, 6.45) is 10.9. The zero-order valence-corrected chi connectivity index (χ0v) is 17.3. The summed E-state index contributed by atoms with van der Waals surface area (Å²) in [7, 11) is -3.23. The Labute approximate surface area is 153 Å². The molecule has 0 aromatic heterocycles. The lowest BCUT2D eigenvalue weighted by molar-refractivity contribution is -0.0193. The standard InChI is InChI=1S/C18H36N2O2S2/c1-4-5-6-7-8-15(2)23-12-10-17-14-20-11-9-16(17)13-18(20,19)24(3,21)22/h15-17H,4-14,19H2,1-3H3/t15?,16-,17-,18-/m0/s1. The molecule has 4 nitrogen and oxygen atoms in total. The van der Waals surface area contributed by atoms with Crippen molar-refractivity contribution in [3.05, 3.63) is 0 Å². The molecule has 0 spiro atoms. The number of fused-ring (bicyclic) bond motifs is 3. The van der Waals surface area contributed by atoms with Gasteiger partial charge in [0.1, 0.15) is 0 Å². The van der Waals surface area contributed by atoms with E-state index >= 15 is 0 Å². The van der Waals surface area contributed by atoms with Crippen LogP contribution in [0.5, 0.6) is 0 Å². The van der Waals surface area contributed by atoms with E-state index in [-0.39, 0.29) is 0 Å². The van der Waals surface area contributed by atoms with Gasteiger partial charge < -0.3 is 5.73 Å². The van der Waals surface area contributed by atoms with Gasteiger partial charge in [-0.1, -0.05) is 39.5 Å². The molecule has 0 aliphatic carbocycles. The molecule has 3 saturated heterocycles. The third kappa shape index (κ3) is 4.89. The highest BCUT2D eigenvalue weighted by Gasteiger charge is 2.52. The van der Waals surface area contributed by atoms with Crippen molar-refractivity contribution in [2.75, 3.05) is 25.1 Å². The summed E-state index contributed by atoms with van der Waals surface area (Å²) in [5, 5.41) is 0.743. The van der Waals surface area contributed by atoms with E-state index in [1.807, 2.05) is 4.90 Å². The fourth-order valence-electron chi connectivity index (χ4n) is 4.27. The number of rotatable bonds is 10. The van der Waals surface area contributed by atoms with Crippen LogP contribution >= 0.6 is 11.8 Å². The normalized spacial score (nSPS) is 34.4. The van der Waals surface area contributed by atoms with Gasteiger partial charge in [0.05, 0.1) is 0 Å². The van der Waals surface area contributed by atoms with Crippen LogP contribution in [0.2, 0.25) is 0 Å². The molecule has 0 amide bonds. The first-order valence-corrected chi connectivity index (χ1v) is 12.6. The SMILES string of the molecule is CCCCCCC(C)SCC[C@H]1CN2CC[C@H]1C[C@@]2(N)S(C)(=O)=O. The van der Waals surface area contributed by atoms with E-state index in [9.17, 15) is 8.42 Å². The van der Waals surface area contributed by atoms with Crippen LogP contribution in [0, 0.1) is 11.8 Å². The van der Waals surface area contributed by atoms with Gasteiger partial charge in [0.2, 0.25) is 0 Å². The van der Waals surface area contributed by atoms with E-state index in [0.717, 1.165) is 24.8 Å². The minimum atomic E-state index is -3.23. The molecule has 0 radical (unpaired) electrons. The smallest absolute Gasteiger partial charge is 0.179 e. The summed E-state index contributed by atoms with van der Waals surface area (Å²) >= 11 is 2.09. The first-order valence-electron chi connectivity index (χ1n) is 9.63. The van der Waals surface area contributed by atoms with Gasteiger partial charge in [-0.15, -0.1) is 0 Å². The highest BCUT2D eigenvalue weighted by Crippen LogP contribution is 2.43. The predicted octanol–water partition coefficient (Wildman–Crippen LogP) is 3.47. The van der Waals surface area contributed by atoms with Crippen molar-refractivity contribution in [1.29, 1.82) is 0 Å². The van der Waals surface area contributed by atoms with Gasteiger partial charge in [-0.25, -0.2) is 8.42 Å². The van der Waals surface area contributed by atoms with Crippen molar-refractivity contribution in [2.45, 2.75) is 75.5 Å². The molecule has 3 aliphatic heterocycles. The van der Waals surface area contributed by atoms with Crippen molar-refractivity contribution >= 4 is 21.6 Å². The van der Waals surface area contributed by atoms with Gasteiger partial charge in [-0.2, -0.15) is 11.8 Å². The van der Waals surface area contributed by atoms with Crippen LogP contribution in [-0.2, 0) is 9.84 Å². The molecule has 5 atom stereocenters. The number of thioether (sulfide) groups is 1. The van der Waals surface area contributed by atoms with E-state index in [1.165, 1.54) is 50.5 Å². The molecule has 0 saturated carbocycles. The van der Waals surface area contributed by atoms with Gasteiger partial charge in [0, 0.05) is 24.6 Å². The van der Waals surface area contributed by atoms with E-state index in [1.54, 1.807) is 0 Å². The summed E-state index contributed by atoms with van der Waals surface area (Å²) < 4.78 is 24.2. The van der Waals surface area contributed by atoms with E-state index < -0.39 is 14.8 Å². The molecule has 24 heavy (non-hydrogen) atoms. The molecule has 3 rings (SSSR count). The molecular weight excluding hydrogens is 340 g/mol. The number of nitrogens with zero attached hydrogens (tertiary/aromatic N) is 1. The number of sulfone groups is 1. The summed E-state index contributed by atoms with van der Waals surface area (Å²) in [5.41, 5.74) is 6.27. The molecule has 142 valence electrons. The number of hydrogen-bond acceptors (Lipinski definition) is 5. The van der Waals surface area contributed by atoms with Crippen molar-refractivity contribution in [3.63, 3.8) is 0 Å². The Hall–Kier alpha value is 0.220. The Morgan fingerprint density at radius 1 is 1.33 bits per heavy atom. The van der Waals surface area contributed by atoms with E-state index in [0.29, 0.717) is 18.3 Å². The quantitative estimate of drug-likeness (QED) is 0.592. The summed E-state index contributed by atoms with van der Waals surface area (Å²) in [6.45, 7) is 6.30. The fourth-order valence-corrected chi connectivity index (χ4v) is 6.60. The third-order valence-corrected chi connectivity index (χ3v) is 8.96. The Bertz CT molecular complexity index is 497. The number of nitrogens with two attached hydrogens (primary N) is 1. The van der Waals surface area contributed by atoms with Crippen molar-refractivity contribution < 1.29 is 8.42 Å². The summed E-state index contributed by atoms with van der Waals surface area (Å²) in [5.74, 6) is 2.30. The molecule has 3 aliphatic rings. The minimum Gasteiger partial charge on any atom is -0.300 e. The van der Waals surface area contributed by atoms with Gasteiger partial charge >= 0.3 is 0 Å². The topological polar surface area (TPSA) is 63.4 Å². The average molecular weight is 377 g/mol. The molecule has 3 fully saturated rings. The van der Waals surface area contributed by atoms with E-state index in [2.05, 4.69) is 25.6 Å². The van der Waals surface area contributed by atoms with Crippen LogP contribution in [0.15, 0.2) is 0 Å². The number of hydrogen-bond donors (Lipinski definition) is 1. The van der Waals surface area contributed by atoms with Crippen molar-refractivity contribution in [3.8, 4) is 0 Å². The van der Waals surface area contributed by atoms with Crippen LogP contribution in [0.1, 0.15) is 65.2 Å². The molecular formula is C18H36N2O2S2. The second-order valence-electron chi connectivity index (χ2n) is 7.90. The molecule has 6 heteroatoms. The van der Waals surface area contributed by atoms with Crippen LogP contribution in [0.3, 0.4) is 0 Å². The number of unbranched alkanes of at least 4 members (excludes halogenated alkanes) is 3. The van der Waals surface area contributed by atoms with Crippen molar-refractivity contribution in [1.82, 2.24) is 4.90 Å². The Kier molecular flexibility index (Phi) is 7.48. The van der Waals surface area contributed by atoms with Gasteiger partial charge in [0.15, 0.2) is 14.8 Å². The zero-order valence-electron chi connectivity index (χ0n) is 15.7. The molecule has 0 aromatic carbocycles.